The molecule has 1 aromatic rings. The topological polar surface area (TPSA) is 68.4 Å². The Kier molecular flexibility index (Phi) is 3.79. The predicted molar refractivity (Wildman–Crippen MR) is 50.9 cm³/mol. The van der Waals surface area contributed by atoms with Crippen molar-refractivity contribution in [1.29, 1.82) is 0 Å². The summed E-state index contributed by atoms with van der Waals surface area (Å²) in [4.78, 5) is 3.89. The molecule has 0 aliphatic carbocycles. The Hall–Kier alpha value is -1.00. The maximum atomic E-state index is 8.50. The van der Waals surface area contributed by atoms with Gasteiger partial charge in [0.15, 0.2) is 0 Å². The third-order valence-electron chi connectivity index (χ3n) is 1.37. The van der Waals surface area contributed by atoms with Crippen LogP contribution in [-0.2, 0) is 0 Å². The minimum Gasteiger partial charge on any atom is -0.477 e. The first-order valence-corrected chi connectivity index (χ1v) is 4.26. The third-order valence-corrected chi connectivity index (χ3v) is 1.64. The van der Waals surface area contributed by atoms with Crippen LogP contribution in [0.1, 0.15) is 6.42 Å². The molecule has 0 saturated heterocycles. The van der Waals surface area contributed by atoms with Crippen molar-refractivity contribution in [3.05, 3.63) is 17.3 Å². The van der Waals surface area contributed by atoms with Gasteiger partial charge in [0.05, 0.1) is 18.5 Å². The average Bonchev–Trinajstić information content (AvgIpc) is 2.09. The SMILES string of the molecule is Nc1cnc(OCCCO)c(Cl)c1. The van der Waals surface area contributed by atoms with Gasteiger partial charge in [-0.1, -0.05) is 11.6 Å². The summed E-state index contributed by atoms with van der Waals surface area (Å²) in [6, 6.07) is 1.57. The van der Waals surface area contributed by atoms with Gasteiger partial charge < -0.3 is 15.6 Å². The van der Waals surface area contributed by atoms with Crippen LogP contribution in [0.15, 0.2) is 12.3 Å². The Morgan fingerprint density at radius 1 is 1.62 bits per heavy atom. The van der Waals surface area contributed by atoms with Crippen molar-refractivity contribution in [3.63, 3.8) is 0 Å². The zero-order valence-corrected chi connectivity index (χ0v) is 7.79. The predicted octanol–water partition coefficient (Wildman–Crippen LogP) is 1.08. The first-order valence-electron chi connectivity index (χ1n) is 3.88. The second kappa shape index (κ2) is 4.89. The van der Waals surface area contributed by atoms with E-state index in [-0.39, 0.29) is 6.61 Å². The van der Waals surface area contributed by atoms with Crippen molar-refractivity contribution < 1.29 is 9.84 Å². The van der Waals surface area contributed by atoms with E-state index in [2.05, 4.69) is 4.98 Å². The molecule has 0 bridgehead atoms. The van der Waals surface area contributed by atoms with Crippen molar-refractivity contribution in [2.75, 3.05) is 18.9 Å². The van der Waals surface area contributed by atoms with Crippen LogP contribution in [0.3, 0.4) is 0 Å². The molecule has 5 heteroatoms. The van der Waals surface area contributed by atoms with Gasteiger partial charge in [0.2, 0.25) is 5.88 Å². The van der Waals surface area contributed by atoms with Gasteiger partial charge in [0.1, 0.15) is 5.02 Å². The zero-order valence-electron chi connectivity index (χ0n) is 7.03. The summed E-state index contributed by atoms with van der Waals surface area (Å²) < 4.78 is 5.17. The van der Waals surface area contributed by atoms with Gasteiger partial charge in [-0.2, -0.15) is 0 Å². The molecule has 0 saturated carbocycles. The molecule has 0 aliphatic rings. The van der Waals surface area contributed by atoms with E-state index in [1.54, 1.807) is 6.07 Å². The number of aliphatic hydroxyl groups excluding tert-OH is 1. The molecule has 3 N–H and O–H groups in total. The lowest BCUT2D eigenvalue weighted by molar-refractivity contribution is 0.229. The van der Waals surface area contributed by atoms with Crippen LogP contribution < -0.4 is 10.5 Å². The van der Waals surface area contributed by atoms with Crippen molar-refractivity contribution in [2.24, 2.45) is 0 Å². The highest BCUT2D eigenvalue weighted by molar-refractivity contribution is 6.32. The normalized spacial score (nSPS) is 10.0. The van der Waals surface area contributed by atoms with Crippen molar-refractivity contribution in [3.8, 4) is 5.88 Å². The Morgan fingerprint density at radius 2 is 2.38 bits per heavy atom. The standard InChI is InChI=1S/C8H11ClN2O2/c9-7-4-6(10)5-11-8(7)13-3-1-2-12/h4-5,12H,1-3,10H2. The Morgan fingerprint density at radius 3 is 3.00 bits per heavy atom. The fourth-order valence-electron chi connectivity index (χ4n) is 0.780. The summed E-state index contributed by atoms with van der Waals surface area (Å²) in [5.41, 5.74) is 5.94. The molecular formula is C8H11ClN2O2. The molecule has 0 amide bonds. The molecule has 1 rings (SSSR count). The molecule has 1 heterocycles. The minimum atomic E-state index is 0.0899. The lowest BCUT2D eigenvalue weighted by Gasteiger charge is -2.05. The number of hydrogen-bond donors (Lipinski definition) is 2. The molecule has 0 radical (unpaired) electrons. The number of halogens is 1. The number of hydrogen-bond acceptors (Lipinski definition) is 4. The fourth-order valence-corrected chi connectivity index (χ4v) is 1.01. The van der Waals surface area contributed by atoms with Gasteiger partial charge in [-0.25, -0.2) is 4.98 Å². The maximum Gasteiger partial charge on any atom is 0.232 e. The minimum absolute atomic E-state index is 0.0899. The van der Waals surface area contributed by atoms with Crippen LogP contribution in [-0.4, -0.2) is 23.3 Å². The molecule has 0 fully saturated rings. The second-order valence-electron chi connectivity index (χ2n) is 2.48. The van der Waals surface area contributed by atoms with E-state index in [9.17, 15) is 0 Å². The van der Waals surface area contributed by atoms with Crippen molar-refractivity contribution >= 4 is 17.3 Å². The molecule has 13 heavy (non-hydrogen) atoms. The van der Waals surface area contributed by atoms with E-state index in [1.807, 2.05) is 0 Å². The summed E-state index contributed by atoms with van der Waals surface area (Å²) in [6.07, 6.45) is 2.03. The Labute approximate surface area is 81.3 Å². The fraction of sp³-hybridized carbons (Fsp3) is 0.375. The first kappa shape index (κ1) is 10.1. The Bertz CT molecular complexity index is 281. The van der Waals surface area contributed by atoms with Crippen LogP contribution in [0, 0.1) is 0 Å². The molecule has 0 atom stereocenters. The lowest BCUT2D eigenvalue weighted by atomic mass is 10.4. The summed E-state index contributed by atoms with van der Waals surface area (Å²) >= 11 is 5.78. The van der Waals surface area contributed by atoms with Gasteiger partial charge in [-0.15, -0.1) is 0 Å². The Balaban J connectivity index is 2.56. The molecule has 0 aromatic carbocycles. The van der Waals surface area contributed by atoms with Gasteiger partial charge >= 0.3 is 0 Å². The third kappa shape index (κ3) is 3.08. The molecule has 1 aromatic heterocycles. The van der Waals surface area contributed by atoms with Crippen molar-refractivity contribution in [1.82, 2.24) is 4.98 Å². The van der Waals surface area contributed by atoms with Crippen LogP contribution in [0.5, 0.6) is 5.88 Å². The summed E-state index contributed by atoms with van der Waals surface area (Å²) in [5, 5.41) is 8.89. The van der Waals surface area contributed by atoms with Crippen molar-refractivity contribution in [2.45, 2.75) is 6.42 Å². The zero-order chi connectivity index (χ0) is 9.68. The molecule has 4 nitrogen and oxygen atoms in total. The highest BCUT2D eigenvalue weighted by Crippen LogP contribution is 2.23. The van der Waals surface area contributed by atoms with E-state index >= 15 is 0 Å². The van der Waals surface area contributed by atoms with E-state index in [4.69, 9.17) is 27.2 Å². The largest absolute Gasteiger partial charge is 0.477 e. The molecule has 0 unspecified atom stereocenters. The summed E-state index contributed by atoms with van der Waals surface area (Å²) in [6.45, 7) is 0.486. The number of anilines is 1. The van der Waals surface area contributed by atoms with Gasteiger partial charge in [0.25, 0.3) is 0 Å². The van der Waals surface area contributed by atoms with E-state index in [1.165, 1.54) is 6.20 Å². The van der Waals surface area contributed by atoms with Crippen LogP contribution in [0.25, 0.3) is 0 Å². The number of nitrogen functional groups attached to an aromatic ring is 1. The number of rotatable bonds is 4. The quantitative estimate of drug-likeness (QED) is 0.717. The summed E-state index contributed by atoms with van der Waals surface area (Å²) in [5.74, 6) is 0.351. The first-order chi connectivity index (χ1) is 6.24. The number of nitrogens with zero attached hydrogens (tertiary/aromatic N) is 1. The average molecular weight is 203 g/mol. The van der Waals surface area contributed by atoms with Gasteiger partial charge in [-0.05, 0) is 6.07 Å². The van der Waals surface area contributed by atoms with Gasteiger partial charge in [-0.3, -0.25) is 0 Å². The van der Waals surface area contributed by atoms with Crippen LogP contribution >= 0.6 is 11.6 Å². The summed E-state index contributed by atoms with van der Waals surface area (Å²) in [7, 11) is 0. The number of pyridine rings is 1. The molecule has 72 valence electrons. The number of aliphatic hydroxyl groups is 1. The second-order valence-corrected chi connectivity index (χ2v) is 2.89. The molecule has 0 spiro atoms. The highest BCUT2D eigenvalue weighted by atomic mass is 35.5. The monoisotopic (exact) mass is 202 g/mol. The molecular weight excluding hydrogens is 192 g/mol. The van der Waals surface area contributed by atoms with Crippen LogP contribution in [0.4, 0.5) is 5.69 Å². The smallest absolute Gasteiger partial charge is 0.232 e. The van der Waals surface area contributed by atoms with Crippen LogP contribution in [0.2, 0.25) is 5.02 Å². The van der Waals surface area contributed by atoms with Gasteiger partial charge in [0, 0.05) is 13.0 Å². The molecule has 0 aliphatic heterocycles. The number of aromatic nitrogens is 1. The van der Waals surface area contributed by atoms with E-state index in [0.717, 1.165) is 0 Å². The maximum absolute atomic E-state index is 8.50. The highest BCUT2D eigenvalue weighted by Gasteiger charge is 2.02. The number of ether oxygens (including phenoxy) is 1. The van der Waals surface area contributed by atoms with E-state index in [0.29, 0.717) is 29.6 Å². The lowest BCUT2D eigenvalue weighted by Crippen LogP contribution is -2.02. The number of nitrogens with two attached hydrogens (primary N) is 1. The van der Waals surface area contributed by atoms with E-state index < -0.39 is 0 Å².